The lowest BCUT2D eigenvalue weighted by molar-refractivity contribution is -0.123. The molecule has 0 unspecified atom stereocenters. The molecular formula is C20H28N4O4S2. The molecule has 2 aromatic rings. The van der Waals surface area contributed by atoms with Crippen LogP contribution in [0, 0.1) is 5.41 Å². The van der Waals surface area contributed by atoms with Crippen molar-refractivity contribution in [2.75, 3.05) is 5.32 Å². The molecule has 0 fully saturated rings. The maximum Gasteiger partial charge on any atom is 0.270 e. The number of benzene rings is 1. The van der Waals surface area contributed by atoms with Crippen LogP contribution in [0.4, 0.5) is 5.13 Å². The number of rotatable bonds is 6. The van der Waals surface area contributed by atoms with Gasteiger partial charge in [-0.05, 0) is 18.9 Å². The van der Waals surface area contributed by atoms with E-state index in [2.05, 4.69) is 20.2 Å². The number of carbonyl (C=O) groups excluding carboxylic acids is 1. The number of amides is 1. The summed E-state index contributed by atoms with van der Waals surface area (Å²) < 4.78 is 34.9. The smallest absolute Gasteiger partial charge is 0.270 e. The summed E-state index contributed by atoms with van der Waals surface area (Å²) in [7, 11) is -3.93. The molecule has 0 bridgehead atoms. The van der Waals surface area contributed by atoms with Crippen LogP contribution >= 0.6 is 11.3 Å². The highest BCUT2D eigenvalue weighted by molar-refractivity contribution is 7.91. The zero-order valence-electron chi connectivity index (χ0n) is 17.9. The van der Waals surface area contributed by atoms with Gasteiger partial charge in [0.15, 0.2) is 0 Å². The lowest BCUT2D eigenvalue weighted by Crippen LogP contribution is -2.44. The zero-order chi connectivity index (χ0) is 22.2. The topological polar surface area (TPSA) is 110 Å². The van der Waals surface area contributed by atoms with Crippen molar-refractivity contribution >= 4 is 32.4 Å². The highest BCUT2D eigenvalue weighted by Crippen LogP contribution is 2.43. The van der Waals surface area contributed by atoms with Crippen LogP contribution in [0.15, 0.2) is 28.6 Å². The Bertz CT molecular complexity index is 1020. The number of fused-ring (bicyclic) bond motifs is 1. The van der Waals surface area contributed by atoms with Crippen molar-refractivity contribution in [3.05, 3.63) is 29.8 Å². The normalized spacial score (nSPS) is 18.4. The van der Waals surface area contributed by atoms with E-state index < -0.39 is 27.1 Å². The van der Waals surface area contributed by atoms with Gasteiger partial charge in [0, 0.05) is 17.4 Å². The number of anilines is 1. The molecule has 0 radical (unpaired) electrons. The standard InChI is InChI=1S/C20H28N4O4S2/c1-6-20(7-2)12-14(13-10-8-9-11-15(13)28-20)24-30(26,27)18-23-22-17(29-18)21-16(25)19(3,4)5/h8-11,14,24H,6-7,12H2,1-5H3,(H,21,22,25)/t14-/m1/s1. The van der Waals surface area contributed by atoms with Gasteiger partial charge in [-0.3, -0.25) is 4.79 Å². The molecule has 0 spiro atoms. The van der Waals surface area contributed by atoms with Gasteiger partial charge in [0.2, 0.25) is 15.4 Å². The number of hydrogen-bond acceptors (Lipinski definition) is 7. The number of para-hydroxylation sites is 1. The van der Waals surface area contributed by atoms with Crippen LogP contribution < -0.4 is 14.8 Å². The van der Waals surface area contributed by atoms with Crippen LogP contribution in [-0.2, 0) is 14.8 Å². The van der Waals surface area contributed by atoms with Gasteiger partial charge in [0.1, 0.15) is 11.4 Å². The summed E-state index contributed by atoms with van der Waals surface area (Å²) in [6.07, 6.45) is 2.04. The SMILES string of the molecule is CCC1(CC)C[C@@H](NS(=O)(=O)c2nnc(NC(=O)C(C)(C)C)s2)c2ccccc2O1. The largest absolute Gasteiger partial charge is 0.487 e. The molecule has 8 nitrogen and oxygen atoms in total. The third-order valence-electron chi connectivity index (χ3n) is 5.32. The van der Waals surface area contributed by atoms with E-state index in [9.17, 15) is 13.2 Å². The third kappa shape index (κ3) is 4.65. The fraction of sp³-hybridized carbons (Fsp3) is 0.550. The summed E-state index contributed by atoms with van der Waals surface area (Å²) >= 11 is 0.830. The molecule has 1 aromatic heterocycles. The molecule has 3 rings (SSSR count). The fourth-order valence-electron chi connectivity index (χ4n) is 3.30. The number of hydrogen-bond donors (Lipinski definition) is 2. The zero-order valence-corrected chi connectivity index (χ0v) is 19.5. The van der Waals surface area contributed by atoms with Crippen LogP contribution in [0.2, 0.25) is 0 Å². The Morgan fingerprint density at radius 3 is 2.53 bits per heavy atom. The predicted octanol–water partition coefficient (Wildman–Crippen LogP) is 3.88. The first-order chi connectivity index (χ1) is 14.0. The summed E-state index contributed by atoms with van der Waals surface area (Å²) in [4.78, 5) is 12.1. The molecule has 0 aliphatic carbocycles. The average Bonchev–Trinajstić information content (AvgIpc) is 3.16. The Kier molecular flexibility index (Phi) is 6.22. The van der Waals surface area contributed by atoms with Gasteiger partial charge in [0.05, 0.1) is 6.04 Å². The molecule has 1 amide bonds. The van der Waals surface area contributed by atoms with Crippen LogP contribution in [0.1, 0.15) is 65.5 Å². The highest BCUT2D eigenvalue weighted by atomic mass is 32.2. The van der Waals surface area contributed by atoms with Gasteiger partial charge < -0.3 is 10.1 Å². The van der Waals surface area contributed by atoms with E-state index in [1.54, 1.807) is 20.8 Å². The Labute approximate surface area is 181 Å². The Morgan fingerprint density at radius 1 is 1.23 bits per heavy atom. The lowest BCUT2D eigenvalue weighted by Gasteiger charge is -2.41. The summed E-state index contributed by atoms with van der Waals surface area (Å²) in [5.74, 6) is 0.431. The molecule has 0 saturated heterocycles. The minimum absolute atomic E-state index is 0.152. The van der Waals surface area contributed by atoms with E-state index in [-0.39, 0.29) is 15.4 Å². The predicted molar refractivity (Wildman–Crippen MR) is 116 cm³/mol. The Hall–Kier alpha value is -2.04. The van der Waals surface area contributed by atoms with Crippen molar-refractivity contribution in [2.45, 2.75) is 69.9 Å². The van der Waals surface area contributed by atoms with Gasteiger partial charge in [-0.15, -0.1) is 10.2 Å². The molecule has 1 aliphatic rings. The third-order valence-corrected chi connectivity index (χ3v) is 8.00. The fourth-order valence-corrected chi connectivity index (χ4v) is 5.42. The average molecular weight is 453 g/mol. The Balaban J connectivity index is 1.85. The minimum Gasteiger partial charge on any atom is -0.487 e. The molecule has 1 aromatic carbocycles. The highest BCUT2D eigenvalue weighted by Gasteiger charge is 2.40. The summed E-state index contributed by atoms with van der Waals surface area (Å²) in [6.45, 7) is 9.37. The molecular weight excluding hydrogens is 424 g/mol. The van der Waals surface area contributed by atoms with Crippen molar-refractivity contribution in [3.8, 4) is 5.75 Å². The number of aromatic nitrogens is 2. The number of carbonyl (C=O) groups is 1. The van der Waals surface area contributed by atoms with Crippen molar-refractivity contribution < 1.29 is 17.9 Å². The number of sulfonamides is 1. The monoisotopic (exact) mass is 452 g/mol. The van der Waals surface area contributed by atoms with Gasteiger partial charge in [-0.1, -0.05) is 64.2 Å². The molecule has 2 heterocycles. The second kappa shape index (κ2) is 8.24. The second-order valence-corrected chi connectivity index (χ2v) is 11.4. The van der Waals surface area contributed by atoms with Crippen molar-refractivity contribution in [1.82, 2.24) is 14.9 Å². The molecule has 1 atom stereocenters. The summed E-state index contributed by atoms with van der Waals surface area (Å²) in [5, 5.41) is 10.4. The van der Waals surface area contributed by atoms with Crippen LogP contribution in [-0.4, -0.2) is 30.1 Å². The summed E-state index contributed by atoms with van der Waals surface area (Å²) in [5.41, 5.74) is -0.267. The van der Waals surface area contributed by atoms with E-state index in [0.717, 1.165) is 29.7 Å². The molecule has 1 aliphatic heterocycles. The van der Waals surface area contributed by atoms with E-state index in [1.807, 2.05) is 38.1 Å². The second-order valence-electron chi connectivity index (χ2n) is 8.49. The first-order valence-electron chi connectivity index (χ1n) is 9.95. The van der Waals surface area contributed by atoms with E-state index in [4.69, 9.17) is 4.74 Å². The van der Waals surface area contributed by atoms with Crippen LogP contribution in [0.3, 0.4) is 0 Å². The number of ether oxygens (including phenoxy) is 1. The number of nitrogens with one attached hydrogen (secondary N) is 2. The van der Waals surface area contributed by atoms with Gasteiger partial charge in [0.25, 0.3) is 10.0 Å². The van der Waals surface area contributed by atoms with Crippen molar-refractivity contribution in [2.24, 2.45) is 5.41 Å². The maximum atomic E-state index is 13.0. The molecule has 164 valence electrons. The lowest BCUT2D eigenvalue weighted by atomic mass is 9.84. The van der Waals surface area contributed by atoms with E-state index in [1.165, 1.54) is 0 Å². The van der Waals surface area contributed by atoms with E-state index in [0.29, 0.717) is 12.2 Å². The molecule has 30 heavy (non-hydrogen) atoms. The van der Waals surface area contributed by atoms with Crippen molar-refractivity contribution in [1.29, 1.82) is 0 Å². The first-order valence-corrected chi connectivity index (χ1v) is 12.2. The molecule has 2 N–H and O–H groups in total. The first kappa shape index (κ1) is 22.6. The van der Waals surface area contributed by atoms with E-state index >= 15 is 0 Å². The van der Waals surface area contributed by atoms with Gasteiger partial charge in [-0.2, -0.15) is 0 Å². The van der Waals surface area contributed by atoms with Gasteiger partial charge >= 0.3 is 0 Å². The van der Waals surface area contributed by atoms with Crippen LogP contribution in [0.25, 0.3) is 0 Å². The van der Waals surface area contributed by atoms with Gasteiger partial charge in [-0.25, -0.2) is 13.1 Å². The van der Waals surface area contributed by atoms with Crippen LogP contribution in [0.5, 0.6) is 5.75 Å². The Morgan fingerprint density at radius 2 is 1.90 bits per heavy atom. The molecule has 10 heteroatoms. The minimum atomic E-state index is -3.93. The summed E-state index contributed by atoms with van der Waals surface area (Å²) in [6, 6.07) is 7.02. The maximum absolute atomic E-state index is 13.0. The van der Waals surface area contributed by atoms with Crippen molar-refractivity contribution in [3.63, 3.8) is 0 Å². The molecule has 0 saturated carbocycles. The quantitative estimate of drug-likeness (QED) is 0.644. The number of nitrogens with zero attached hydrogens (tertiary/aromatic N) is 2.